The van der Waals surface area contributed by atoms with Crippen LogP contribution in [0.3, 0.4) is 0 Å². The fourth-order valence-corrected chi connectivity index (χ4v) is 0.882. The normalized spacial score (nSPS) is 10.4. The van der Waals surface area contributed by atoms with Crippen LogP contribution in [0.5, 0.6) is 5.19 Å². The van der Waals surface area contributed by atoms with E-state index in [-0.39, 0.29) is 17.6 Å². The molecule has 1 aromatic rings. The summed E-state index contributed by atoms with van der Waals surface area (Å²) in [6.07, 6.45) is -3.73. The van der Waals surface area contributed by atoms with Gasteiger partial charge in [-0.15, -0.1) is 12.4 Å². The number of esters is 1. The minimum absolute atomic E-state index is 0. The van der Waals surface area contributed by atoms with Crippen LogP contribution in [0.15, 0.2) is 11.6 Å². The number of nitrogens with zero attached hydrogens (tertiary/aromatic N) is 1. The summed E-state index contributed by atoms with van der Waals surface area (Å²) < 4.78 is 38.5. The lowest BCUT2D eigenvalue weighted by Gasteiger charge is -2.02. The number of hydrogen-bond acceptors (Lipinski definition) is 4. The molecule has 0 saturated heterocycles. The highest BCUT2D eigenvalue weighted by molar-refractivity contribution is 7.11. The van der Waals surface area contributed by atoms with Crippen molar-refractivity contribution in [2.75, 3.05) is 0 Å². The molecule has 3 nitrogen and oxygen atoms in total. The third-order valence-corrected chi connectivity index (χ3v) is 1.47. The summed E-state index contributed by atoms with van der Waals surface area (Å²) in [6.45, 7) is 0. The zero-order valence-electron chi connectivity index (χ0n) is 5.87. The Labute approximate surface area is 80.9 Å². The van der Waals surface area contributed by atoms with Crippen molar-refractivity contribution in [1.29, 1.82) is 0 Å². The third kappa shape index (κ3) is 3.60. The smallest absolute Gasteiger partial charge is 0.391 e. The minimum atomic E-state index is -4.97. The van der Waals surface area contributed by atoms with Crippen molar-refractivity contribution in [2.24, 2.45) is 0 Å². The zero-order chi connectivity index (χ0) is 9.19. The Balaban J connectivity index is 0.00000144. The maximum atomic E-state index is 11.5. The maximum absolute atomic E-state index is 11.5. The first kappa shape index (κ1) is 12.2. The zero-order valence-corrected chi connectivity index (χ0v) is 7.50. The van der Waals surface area contributed by atoms with Crippen LogP contribution in [0.4, 0.5) is 13.2 Å². The molecule has 8 heteroatoms. The number of aromatic nitrogens is 1. The molecule has 0 aliphatic rings. The summed E-state index contributed by atoms with van der Waals surface area (Å²) >= 11 is 0.813. The summed E-state index contributed by atoms with van der Waals surface area (Å²) in [5.41, 5.74) is 0. The number of rotatable bonds is 1. The lowest BCUT2D eigenvalue weighted by molar-refractivity contribution is -0.189. The number of carbonyl (C=O) groups is 1. The third-order valence-electron chi connectivity index (χ3n) is 0.821. The molecule has 0 aromatic carbocycles. The molecule has 0 spiro atoms. The molecule has 0 radical (unpaired) electrons. The summed E-state index contributed by atoms with van der Waals surface area (Å²) in [4.78, 5) is 13.5. The second-order valence-corrected chi connectivity index (χ2v) is 2.54. The van der Waals surface area contributed by atoms with Crippen molar-refractivity contribution in [3.63, 3.8) is 0 Å². The monoisotopic (exact) mass is 233 g/mol. The molecule has 0 fully saturated rings. The molecule has 74 valence electrons. The molecule has 0 aliphatic carbocycles. The standard InChI is InChI=1S/C5H2F3NO2S.ClH/c6-5(7,8)3(10)11-4-9-1-2-12-4;/h1-2H;1H. The van der Waals surface area contributed by atoms with Crippen LogP contribution in [-0.2, 0) is 4.79 Å². The van der Waals surface area contributed by atoms with Gasteiger partial charge in [0.05, 0.1) is 0 Å². The Morgan fingerprint density at radius 1 is 1.54 bits per heavy atom. The van der Waals surface area contributed by atoms with Crippen LogP contribution in [0.25, 0.3) is 0 Å². The fourth-order valence-electron chi connectivity index (χ4n) is 0.398. The SMILES string of the molecule is Cl.O=C(Oc1nccs1)C(F)(F)F. The van der Waals surface area contributed by atoms with Gasteiger partial charge in [0.1, 0.15) is 0 Å². The molecule has 1 rings (SSSR count). The van der Waals surface area contributed by atoms with E-state index in [0.29, 0.717) is 0 Å². The van der Waals surface area contributed by atoms with Crippen LogP contribution in [-0.4, -0.2) is 17.1 Å². The quantitative estimate of drug-likeness (QED) is 0.697. The van der Waals surface area contributed by atoms with Gasteiger partial charge in [0.15, 0.2) is 0 Å². The Morgan fingerprint density at radius 2 is 2.15 bits per heavy atom. The van der Waals surface area contributed by atoms with Gasteiger partial charge in [0.25, 0.3) is 5.19 Å². The molecule has 0 amide bonds. The van der Waals surface area contributed by atoms with Gasteiger partial charge in [-0.3, -0.25) is 0 Å². The first-order valence-electron chi connectivity index (χ1n) is 2.68. The van der Waals surface area contributed by atoms with E-state index in [9.17, 15) is 18.0 Å². The van der Waals surface area contributed by atoms with E-state index in [2.05, 4.69) is 9.72 Å². The number of ether oxygens (including phenoxy) is 1. The molecule has 0 bridgehead atoms. The van der Waals surface area contributed by atoms with Crippen LogP contribution < -0.4 is 4.74 Å². The number of thiazole rings is 1. The van der Waals surface area contributed by atoms with E-state index in [1.807, 2.05) is 0 Å². The van der Waals surface area contributed by atoms with Gasteiger partial charge in [-0.25, -0.2) is 9.78 Å². The second-order valence-electron chi connectivity index (χ2n) is 1.69. The number of halogens is 4. The van der Waals surface area contributed by atoms with E-state index in [1.54, 1.807) is 0 Å². The highest BCUT2D eigenvalue weighted by Crippen LogP contribution is 2.20. The largest absolute Gasteiger partial charge is 0.491 e. The van der Waals surface area contributed by atoms with Gasteiger partial charge in [-0.05, 0) is 0 Å². The predicted molar refractivity (Wildman–Crippen MR) is 41.1 cm³/mol. The molecule has 0 N–H and O–H groups in total. The average molecular weight is 234 g/mol. The van der Waals surface area contributed by atoms with Gasteiger partial charge in [0, 0.05) is 11.6 Å². The summed E-state index contributed by atoms with van der Waals surface area (Å²) in [6, 6.07) is 0. The Morgan fingerprint density at radius 3 is 2.54 bits per heavy atom. The van der Waals surface area contributed by atoms with Crippen LogP contribution >= 0.6 is 23.7 Å². The molecule has 0 saturated carbocycles. The van der Waals surface area contributed by atoms with Crippen molar-refractivity contribution in [3.8, 4) is 5.19 Å². The molecule has 0 aliphatic heterocycles. The van der Waals surface area contributed by atoms with Crippen molar-refractivity contribution in [3.05, 3.63) is 11.6 Å². The topological polar surface area (TPSA) is 39.2 Å². The molecular formula is C5H3ClF3NO2S. The van der Waals surface area contributed by atoms with Gasteiger partial charge in [-0.2, -0.15) is 13.2 Å². The molecule has 0 atom stereocenters. The first-order valence-corrected chi connectivity index (χ1v) is 3.56. The van der Waals surface area contributed by atoms with E-state index in [0.717, 1.165) is 11.3 Å². The molecular weight excluding hydrogens is 231 g/mol. The van der Waals surface area contributed by atoms with Crippen molar-refractivity contribution in [1.82, 2.24) is 4.98 Å². The van der Waals surface area contributed by atoms with Gasteiger partial charge >= 0.3 is 12.1 Å². The van der Waals surface area contributed by atoms with Crippen molar-refractivity contribution in [2.45, 2.75) is 6.18 Å². The fraction of sp³-hybridized carbons (Fsp3) is 0.200. The second kappa shape index (κ2) is 4.43. The van der Waals surface area contributed by atoms with Crippen LogP contribution in [0.1, 0.15) is 0 Å². The van der Waals surface area contributed by atoms with Gasteiger partial charge in [-0.1, -0.05) is 11.3 Å². The highest BCUT2D eigenvalue weighted by Gasteiger charge is 2.41. The minimum Gasteiger partial charge on any atom is -0.391 e. The Bertz CT molecular complexity index is 274. The molecule has 13 heavy (non-hydrogen) atoms. The molecule has 0 unspecified atom stereocenters. The average Bonchev–Trinajstić information content (AvgIpc) is 2.37. The van der Waals surface area contributed by atoms with E-state index >= 15 is 0 Å². The van der Waals surface area contributed by atoms with Crippen molar-refractivity contribution >= 4 is 29.7 Å². The van der Waals surface area contributed by atoms with Gasteiger partial charge in [0.2, 0.25) is 0 Å². The highest BCUT2D eigenvalue weighted by atomic mass is 35.5. The maximum Gasteiger partial charge on any atom is 0.491 e. The number of carbonyl (C=O) groups excluding carboxylic acids is 1. The predicted octanol–water partition coefficient (Wildman–Crippen LogP) is 2.03. The summed E-state index contributed by atoms with van der Waals surface area (Å²) in [5.74, 6) is -2.25. The number of hydrogen-bond donors (Lipinski definition) is 0. The van der Waals surface area contributed by atoms with Crippen LogP contribution in [0, 0.1) is 0 Å². The van der Waals surface area contributed by atoms with Crippen molar-refractivity contribution < 1.29 is 22.7 Å². The summed E-state index contributed by atoms with van der Waals surface area (Å²) in [5, 5.41) is 1.09. The Kier molecular flexibility index (Phi) is 4.15. The Hall–Kier alpha value is -0.820. The first-order chi connectivity index (χ1) is 5.50. The van der Waals surface area contributed by atoms with Gasteiger partial charge < -0.3 is 4.74 Å². The summed E-state index contributed by atoms with van der Waals surface area (Å²) in [7, 11) is 0. The van der Waals surface area contributed by atoms with Crippen LogP contribution in [0.2, 0.25) is 0 Å². The van der Waals surface area contributed by atoms with E-state index in [4.69, 9.17) is 0 Å². The van der Waals surface area contributed by atoms with E-state index in [1.165, 1.54) is 11.6 Å². The lowest BCUT2D eigenvalue weighted by atomic mass is 10.7. The molecule has 1 aromatic heterocycles. The lowest BCUT2D eigenvalue weighted by Crippen LogP contribution is -2.27. The van der Waals surface area contributed by atoms with E-state index < -0.39 is 12.1 Å². The number of alkyl halides is 3. The molecule has 1 heterocycles.